The van der Waals surface area contributed by atoms with Crippen molar-refractivity contribution in [2.24, 2.45) is 0 Å². The van der Waals surface area contributed by atoms with Crippen molar-refractivity contribution in [3.05, 3.63) is 57.7 Å². The second kappa shape index (κ2) is 8.51. The number of thiophene rings is 1. The predicted molar refractivity (Wildman–Crippen MR) is 109 cm³/mol. The van der Waals surface area contributed by atoms with E-state index in [4.69, 9.17) is 4.74 Å². The average Bonchev–Trinajstić information content (AvgIpc) is 3.44. The van der Waals surface area contributed by atoms with Gasteiger partial charge in [-0.2, -0.15) is 0 Å². The minimum atomic E-state index is 0.689. The Morgan fingerprint density at radius 2 is 2.07 bits per heavy atom. The lowest BCUT2D eigenvalue weighted by atomic mass is 10.3. The van der Waals surface area contributed by atoms with E-state index in [0.717, 1.165) is 27.4 Å². The molecule has 0 aliphatic heterocycles. The van der Waals surface area contributed by atoms with Gasteiger partial charge in [-0.25, -0.2) is 9.67 Å². The van der Waals surface area contributed by atoms with Crippen molar-refractivity contribution in [2.75, 3.05) is 12.4 Å². The highest BCUT2D eigenvalue weighted by molar-refractivity contribution is 7.98. The Morgan fingerprint density at radius 3 is 2.85 bits per heavy atom. The number of tetrazole rings is 1. The molecule has 3 heterocycles. The summed E-state index contributed by atoms with van der Waals surface area (Å²) in [6.45, 7) is 0.689. The van der Waals surface area contributed by atoms with E-state index < -0.39 is 0 Å². The van der Waals surface area contributed by atoms with Gasteiger partial charge in [0, 0.05) is 21.7 Å². The zero-order chi connectivity index (χ0) is 18.5. The van der Waals surface area contributed by atoms with E-state index in [0.29, 0.717) is 12.3 Å². The van der Waals surface area contributed by atoms with Gasteiger partial charge in [0.05, 0.1) is 19.3 Å². The summed E-state index contributed by atoms with van der Waals surface area (Å²) >= 11 is 4.86. The molecule has 3 aromatic heterocycles. The van der Waals surface area contributed by atoms with Gasteiger partial charge in [0.1, 0.15) is 5.75 Å². The Morgan fingerprint density at radius 1 is 1.19 bits per heavy atom. The Labute approximate surface area is 168 Å². The molecule has 0 fully saturated rings. The Kier molecular flexibility index (Phi) is 5.66. The topological polar surface area (TPSA) is 77.8 Å². The van der Waals surface area contributed by atoms with Crippen LogP contribution in [0.2, 0.25) is 0 Å². The van der Waals surface area contributed by atoms with Crippen LogP contribution in [-0.4, -0.2) is 32.3 Å². The largest absolute Gasteiger partial charge is 0.497 e. The minimum Gasteiger partial charge on any atom is -0.497 e. The van der Waals surface area contributed by atoms with Gasteiger partial charge < -0.3 is 10.1 Å². The van der Waals surface area contributed by atoms with Crippen LogP contribution in [0.5, 0.6) is 5.75 Å². The summed E-state index contributed by atoms with van der Waals surface area (Å²) in [6, 6.07) is 11.9. The molecule has 0 spiro atoms. The van der Waals surface area contributed by atoms with Gasteiger partial charge in [0.25, 0.3) is 0 Å². The number of thioether (sulfide) groups is 1. The monoisotopic (exact) mass is 416 g/mol. The summed E-state index contributed by atoms with van der Waals surface area (Å²) in [5.41, 5.74) is 1.97. The smallest absolute Gasteiger partial charge is 0.210 e. The molecule has 0 saturated heterocycles. The highest BCUT2D eigenvalue weighted by Gasteiger charge is 2.10. The number of nitrogens with zero attached hydrogens (tertiary/aromatic N) is 5. The molecule has 0 atom stereocenters. The van der Waals surface area contributed by atoms with Crippen LogP contribution in [0.3, 0.4) is 0 Å². The van der Waals surface area contributed by atoms with E-state index in [1.54, 1.807) is 41.5 Å². The van der Waals surface area contributed by atoms with Crippen LogP contribution in [-0.2, 0) is 12.3 Å². The van der Waals surface area contributed by atoms with E-state index in [-0.39, 0.29) is 0 Å². The van der Waals surface area contributed by atoms with Crippen molar-refractivity contribution in [3.63, 3.8) is 0 Å². The number of thiazole rings is 1. The van der Waals surface area contributed by atoms with Gasteiger partial charge in [-0.3, -0.25) is 0 Å². The number of rotatable bonds is 8. The van der Waals surface area contributed by atoms with Crippen LogP contribution in [0.25, 0.3) is 0 Å². The second-order valence-corrected chi connectivity index (χ2v) is 8.32. The highest BCUT2D eigenvalue weighted by atomic mass is 32.2. The quantitative estimate of drug-likeness (QED) is 0.429. The predicted octanol–water partition coefficient (Wildman–Crippen LogP) is 4.28. The molecular weight excluding hydrogens is 400 g/mol. The molecular formula is C17H16N6OS3. The van der Waals surface area contributed by atoms with Crippen LogP contribution in [0, 0.1) is 0 Å². The second-order valence-electron chi connectivity index (χ2n) is 5.48. The molecule has 4 rings (SSSR count). The van der Waals surface area contributed by atoms with Crippen molar-refractivity contribution in [1.82, 2.24) is 25.2 Å². The average molecular weight is 417 g/mol. The first-order valence-corrected chi connectivity index (χ1v) is 10.8. The van der Waals surface area contributed by atoms with Crippen molar-refractivity contribution < 1.29 is 4.74 Å². The minimum absolute atomic E-state index is 0.689. The maximum atomic E-state index is 5.17. The summed E-state index contributed by atoms with van der Waals surface area (Å²) in [6.07, 6.45) is 0. The van der Waals surface area contributed by atoms with E-state index in [2.05, 4.69) is 37.3 Å². The van der Waals surface area contributed by atoms with Gasteiger partial charge in [0.15, 0.2) is 5.13 Å². The lowest BCUT2D eigenvalue weighted by molar-refractivity contribution is 0.415. The molecule has 10 heteroatoms. The fourth-order valence-electron chi connectivity index (χ4n) is 2.32. The molecule has 0 aliphatic carbocycles. The molecule has 1 aromatic carbocycles. The maximum Gasteiger partial charge on any atom is 0.210 e. The number of aromatic nitrogens is 5. The number of nitrogens with one attached hydrogen (secondary N) is 1. The summed E-state index contributed by atoms with van der Waals surface area (Å²) in [5, 5.41) is 21.1. The van der Waals surface area contributed by atoms with Crippen LogP contribution in [0.4, 0.5) is 10.8 Å². The van der Waals surface area contributed by atoms with Gasteiger partial charge in [0.2, 0.25) is 5.16 Å². The normalized spacial score (nSPS) is 10.9. The third kappa shape index (κ3) is 4.65. The SMILES string of the molecule is COc1ccc(Nc2nc(CSc3nnnn3Cc3cccs3)cs2)cc1. The molecule has 0 unspecified atom stereocenters. The van der Waals surface area contributed by atoms with Gasteiger partial charge in [-0.15, -0.1) is 27.8 Å². The summed E-state index contributed by atoms with van der Waals surface area (Å²) in [7, 11) is 1.66. The van der Waals surface area contributed by atoms with E-state index in [1.165, 1.54) is 4.88 Å². The molecule has 1 N–H and O–H groups in total. The standard InChI is InChI=1S/C17H16N6OS3/c1-24-14-6-4-12(5-7-14)18-16-19-13(10-26-16)11-27-17-20-21-22-23(17)9-15-3-2-8-25-15/h2-8,10H,9,11H2,1H3,(H,18,19). The lowest BCUT2D eigenvalue weighted by Gasteiger charge is -2.04. The van der Waals surface area contributed by atoms with Gasteiger partial charge >= 0.3 is 0 Å². The van der Waals surface area contributed by atoms with E-state index in [9.17, 15) is 0 Å². The number of hydrogen-bond donors (Lipinski definition) is 1. The van der Waals surface area contributed by atoms with Crippen LogP contribution in [0.1, 0.15) is 10.6 Å². The number of benzene rings is 1. The molecule has 0 bridgehead atoms. The first-order valence-electron chi connectivity index (χ1n) is 8.07. The maximum absolute atomic E-state index is 5.17. The van der Waals surface area contributed by atoms with Gasteiger partial charge in [-0.1, -0.05) is 17.8 Å². The van der Waals surface area contributed by atoms with Crippen molar-refractivity contribution in [3.8, 4) is 5.75 Å². The lowest BCUT2D eigenvalue weighted by Crippen LogP contribution is -2.02. The zero-order valence-corrected chi connectivity index (χ0v) is 16.9. The number of methoxy groups -OCH3 is 1. The van der Waals surface area contributed by atoms with Crippen LogP contribution in [0.15, 0.2) is 52.3 Å². The van der Waals surface area contributed by atoms with Crippen LogP contribution >= 0.6 is 34.4 Å². The summed E-state index contributed by atoms with van der Waals surface area (Å²) < 4.78 is 6.99. The molecule has 0 radical (unpaired) electrons. The van der Waals surface area contributed by atoms with E-state index in [1.807, 2.05) is 40.4 Å². The van der Waals surface area contributed by atoms with Crippen molar-refractivity contribution in [2.45, 2.75) is 17.5 Å². The molecule has 4 aromatic rings. The summed E-state index contributed by atoms with van der Waals surface area (Å²) in [5.74, 6) is 1.54. The number of ether oxygens (including phenoxy) is 1. The summed E-state index contributed by atoms with van der Waals surface area (Å²) in [4.78, 5) is 5.86. The Bertz CT molecular complexity index is 980. The third-order valence-electron chi connectivity index (χ3n) is 3.63. The molecule has 0 saturated carbocycles. The first-order chi connectivity index (χ1) is 13.3. The van der Waals surface area contributed by atoms with Gasteiger partial charge in [-0.05, 0) is 46.1 Å². The number of hydrogen-bond acceptors (Lipinski definition) is 9. The molecule has 27 heavy (non-hydrogen) atoms. The van der Waals surface area contributed by atoms with Crippen molar-refractivity contribution >= 4 is 45.3 Å². The van der Waals surface area contributed by atoms with Crippen molar-refractivity contribution in [1.29, 1.82) is 0 Å². The molecule has 138 valence electrons. The highest BCUT2D eigenvalue weighted by Crippen LogP contribution is 2.26. The Balaban J connectivity index is 1.35. The molecule has 0 amide bonds. The molecule has 7 nitrogen and oxygen atoms in total. The van der Waals surface area contributed by atoms with Crippen LogP contribution < -0.4 is 10.1 Å². The zero-order valence-electron chi connectivity index (χ0n) is 14.4. The number of anilines is 2. The fraction of sp³-hybridized carbons (Fsp3) is 0.176. The third-order valence-corrected chi connectivity index (χ3v) is 6.29. The molecule has 0 aliphatic rings. The Hall–Kier alpha value is -2.43. The first kappa shape index (κ1) is 18.0. The van der Waals surface area contributed by atoms with E-state index >= 15 is 0 Å². The fourth-order valence-corrected chi connectivity index (χ4v) is 4.61.